The second-order valence-electron chi connectivity index (χ2n) is 5.21. The number of hydrogen-bond acceptors (Lipinski definition) is 6. The first-order chi connectivity index (χ1) is 12.1. The fourth-order valence-corrected chi connectivity index (χ4v) is 2.28. The van der Waals surface area contributed by atoms with Crippen molar-refractivity contribution in [1.82, 2.24) is 0 Å². The second kappa shape index (κ2) is 8.82. The van der Waals surface area contributed by atoms with Crippen molar-refractivity contribution in [1.29, 1.82) is 0 Å². The van der Waals surface area contributed by atoms with Crippen LogP contribution >= 0.6 is 0 Å². The van der Waals surface area contributed by atoms with E-state index in [0.29, 0.717) is 22.8 Å². The number of carbonyl (C=O) groups is 1. The molecule has 0 aliphatic carbocycles. The molecule has 0 radical (unpaired) electrons. The Morgan fingerprint density at radius 3 is 2.16 bits per heavy atom. The van der Waals surface area contributed by atoms with Crippen LogP contribution in [-0.2, 0) is 4.74 Å². The Kier molecular flexibility index (Phi) is 6.51. The maximum Gasteiger partial charge on any atom is 0.338 e. The van der Waals surface area contributed by atoms with Crippen LogP contribution in [0.4, 0.5) is 0 Å². The highest BCUT2D eigenvalue weighted by Crippen LogP contribution is 2.38. The number of carbonyl (C=O) groups excluding carboxylic acids is 1. The van der Waals surface area contributed by atoms with Gasteiger partial charge in [-0.25, -0.2) is 4.79 Å². The topological polar surface area (TPSA) is 63.2 Å². The Morgan fingerprint density at radius 1 is 0.920 bits per heavy atom. The van der Waals surface area contributed by atoms with Crippen LogP contribution in [0.5, 0.6) is 23.0 Å². The van der Waals surface area contributed by atoms with E-state index in [1.54, 1.807) is 12.1 Å². The van der Waals surface area contributed by atoms with Gasteiger partial charge in [0.15, 0.2) is 11.5 Å². The lowest BCUT2D eigenvalue weighted by atomic mass is 10.2. The summed E-state index contributed by atoms with van der Waals surface area (Å²) in [5.41, 5.74) is 1.41. The van der Waals surface area contributed by atoms with E-state index in [9.17, 15) is 4.79 Å². The lowest BCUT2D eigenvalue weighted by Crippen LogP contribution is -2.13. The molecule has 0 amide bonds. The van der Waals surface area contributed by atoms with Gasteiger partial charge in [-0.05, 0) is 36.8 Å². The number of aryl methyl sites for hydroxylation is 1. The quantitative estimate of drug-likeness (QED) is 0.540. The number of rotatable bonds is 8. The molecule has 0 aliphatic heterocycles. The van der Waals surface area contributed by atoms with Crippen molar-refractivity contribution in [3.8, 4) is 23.0 Å². The van der Waals surface area contributed by atoms with Crippen LogP contribution in [0.2, 0.25) is 0 Å². The van der Waals surface area contributed by atoms with Crippen molar-refractivity contribution in [2.45, 2.75) is 6.92 Å². The summed E-state index contributed by atoms with van der Waals surface area (Å²) in [6.07, 6.45) is 0. The van der Waals surface area contributed by atoms with Crippen LogP contribution in [0, 0.1) is 6.92 Å². The lowest BCUT2D eigenvalue weighted by molar-refractivity contribution is 0.0449. The first-order valence-electron chi connectivity index (χ1n) is 7.75. The third kappa shape index (κ3) is 4.79. The number of benzene rings is 2. The second-order valence-corrected chi connectivity index (χ2v) is 5.21. The zero-order valence-electron chi connectivity index (χ0n) is 14.8. The highest BCUT2D eigenvalue weighted by molar-refractivity contribution is 5.91. The minimum atomic E-state index is -0.493. The summed E-state index contributed by atoms with van der Waals surface area (Å²) in [5, 5.41) is 0. The minimum absolute atomic E-state index is 0.128. The molecular formula is C19H22O6. The van der Waals surface area contributed by atoms with Gasteiger partial charge in [0.25, 0.3) is 0 Å². The van der Waals surface area contributed by atoms with E-state index >= 15 is 0 Å². The van der Waals surface area contributed by atoms with Crippen molar-refractivity contribution in [3.05, 3.63) is 47.5 Å². The zero-order chi connectivity index (χ0) is 18.2. The van der Waals surface area contributed by atoms with Gasteiger partial charge in [0.2, 0.25) is 5.75 Å². The van der Waals surface area contributed by atoms with Crippen molar-refractivity contribution >= 4 is 5.97 Å². The number of methoxy groups -OCH3 is 3. The largest absolute Gasteiger partial charge is 0.493 e. The Bertz CT molecular complexity index is 701. The van der Waals surface area contributed by atoms with Gasteiger partial charge >= 0.3 is 5.97 Å². The predicted molar refractivity (Wildman–Crippen MR) is 93.1 cm³/mol. The Morgan fingerprint density at radius 2 is 1.60 bits per heavy atom. The molecular weight excluding hydrogens is 324 g/mol. The van der Waals surface area contributed by atoms with E-state index in [-0.39, 0.29) is 13.2 Å². The molecule has 2 aromatic carbocycles. The standard InChI is InChI=1S/C19H22O6/c1-13-6-5-7-15(10-13)24-8-9-25-19(20)14-11-16(21-2)18(23-4)17(12-14)22-3/h5-7,10-12H,8-9H2,1-4H3. The summed E-state index contributed by atoms with van der Waals surface area (Å²) in [6.45, 7) is 2.38. The van der Waals surface area contributed by atoms with Crippen molar-refractivity contribution < 1.29 is 28.5 Å². The fraction of sp³-hybridized carbons (Fsp3) is 0.316. The molecule has 0 heterocycles. The van der Waals surface area contributed by atoms with E-state index in [4.69, 9.17) is 23.7 Å². The predicted octanol–water partition coefficient (Wildman–Crippen LogP) is 3.26. The summed E-state index contributed by atoms with van der Waals surface area (Å²) in [7, 11) is 4.48. The molecule has 0 saturated carbocycles. The molecule has 0 atom stereocenters. The van der Waals surface area contributed by atoms with E-state index in [2.05, 4.69) is 0 Å². The Labute approximate surface area is 147 Å². The van der Waals surface area contributed by atoms with Gasteiger partial charge in [-0.3, -0.25) is 0 Å². The van der Waals surface area contributed by atoms with Crippen LogP contribution in [0.1, 0.15) is 15.9 Å². The SMILES string of the molecule is COc1cc(C(=O)OCCOc2cccc(C)c2)cc(OC)c1OC. The van der Waals surface area contributed by atoms with Crippen LogP contribution < -0.4 is 18.9 Å². The average Bonchev–Trinajstić information content (AvgIpc) is 2.63. The molecule has 0 bridgehead atoms. The summed E-state index contributed by atoms with van der Waals surface area (Å²) in [5.74, 6) is 1.45. The number of esters is 1. The molecule has 0 fully saturated rings. The van der Waals surface area contributed by atoms with Crippen LogP contribution in [0.3, 0.4) is 0 Å². The van der Waals surface area contributed by atoms with Gasteiger partial charge in [0.05, 0.1) is 26.9 Å². The Hall–Kier alpha value is -2.89. The molecule has 0 aromatic heterocycles. The normalized spacial score (nSPS) is 10.1. The molecule has 2 rings (SSSR count). The summed E-state index contributed by atoms with van der Waals surface area (Å²) in [6, 6.07) is 10.8. The van der Waals surface area contributed by atoms with Crippen LogP contribution in [0.15, 0.2) is 36.4 Å². The molecule has 0 spiro atoms. The molecule has 0 N–H and O–H groups in total. The van der Waals surface area contributed by atoms with Gasteiger partial charge in [-0.1, -0.05) is 12.1 Å². The molecule has 0 saturated heterocycles. The molecule has 25 heavy (non-hydrogen) atoms. The first kappa shape index (κ1) is 18.4. The summed E-state index contributed by atoms with van der Waals surface area (Å²) in [4.78, 5) is 12.2. The van der Waals surface area contributed by atoms with E-state index in [1.807, 2.05) is 31.2 Å². The third-order valence-electron chi connectivity index (χ3n) is 3.48. The minimum Gasteiger partial charge on any atom is -0.493 e. The number of ether oxygens (including phenoxy) is 5. The molecule has 134 valence electrons. The first-order valence-corrected chi connectivity index (χ1v) is 7.75. The maximum atomic E-state index is 12.2. The molecule has 6 nitrogen and oxygen atoms in total. The van der Waals surface area contributed by atoms with Crippen molar-refractivity contribution in [2.75, 3.05) is 34.5 Å². The van der Waals surface area contributed by atoms with Gasteiger partial charge in [-0.2, -0.15) is 0 Å². The molecule has 0 aliphatic rings. The molecule has 0 unspecified atom stereocenters. The number of hydrogen-bond donors (Lipinski definition) is 0. The fourth-order valence-electron chi connectivity index (χ4n) is 2.28. The van der Waals surface area contributed by atoms with Crippen molar-refractivity contribution in [3.63, 3.8) is 0 Å². The molecule has 6 heteroatoms. The average molecular weight is 346 g/mol. The Balaban J connectivity index is 1.96. The molecule has 2 aromatic rings. The van der Waals surface area contributed by atoms with Crippen LogP contribution in [0.25, 0.3) is 0 Å². The van der Waals surface area contributed by atoms with E-state index in [0.717, 1.165) is 11.3 Å². The van der Waals surface area contributed by atoms with Gasteiger partial charge in [-0.15, -0.1) is 0 Å². The third-order valence-corrected chi connectivity index (χ3v) is 3.48. The highest BCUT2D eigenvalue weighted by atomic mass is 16.6. The summed E-state index contributed by atoms with van der Waals surface area (Å²) >= 11 is 0. The van der Waals surface area contributed by atoms with Gasteiger partial charge in [0.1, 0.15) is 19.0 Å². The van der Waals surface area contributed by atoms with Gasteiger partial charge < -0.3 is 23.7 Å². The summed E-state index contributed by atoms with van der Waals surface area (Å²) < 4.78 is 26.5. The monoisotopic (exact) mass is 346 g/mol. The zero-order valence-corrected chi connectivity index (χ0v) is 14.8. The van der Waals surface area contributed by atoms with Gasteiger partial charge in [0, 0.05) is 0 Å². The van der Waals surface area contributed by atoms with Crippen LogP contribution in [-0.4, -0.2) is 40.5 Å². The van der Waals surface area contributed by atoms with E-state index < -0.39 is 5.97 Å². The van der Waals surface area contributed by atoms with E-state index in [1.165, 1.54) is 21.3 Å². The maximum absolute atomic E-state index is 12.2. The van der Waals surface area contributed by atoms with Crippen molar-refractivity contribution in [2.24, 2.45) is 0 Å². The highest BCUT2D eigenvalue weighted by Gasteiger charge is 2.17. The lowest BCUT2D eigenvalue weighted by Gasteiger charge is -2.14. The smallest absolute Gasteiger partial charge is 0.338 e.